The highest BCUT2D eigenvalue weighted by atomic mass is 15.0. The highest BCUT2D eigenvalue weighted by molar-refractivity contribution is 6.12. The molecule has 1 aliphatic rings. The maximum absolute atomic E-state index is 5.14. The molecule has 0 saturated heterocycles. The van der Waals surface area contributed by atoms with Gasteiger partial charge in [-0.1, -0.05) is 176 Å². The van der Waals surface area contributed by atoms with Crippen molar-refractivity contribution in [1.29, 1.82) is 0 Å². The summed E-state index contributed by atoms with van der Waals surface area (Å²) in [7, 11) is 0. The molecule has 1 atom stereocenters. The second kappa shape index (κ2) is 14.0. The molecule has 260 valence electrons. The Kier molecular flexibility index (Phi) is 8.23. The summed E-state index contributed by atoms with van der Waals surface area (Å²) in [6.07, 6.45) is 2.16. The summed E-state index contributed by atoms with van der Waals surface area (Å²) in [4.78, 5) is 5.08. The molecular weight excluding hydrogens is 667 g/mol. The van der Waals surface area contributed by atoms with E-state index in [-0.39, 0.29) is 6.04 Å². The van der Waals surface area contributed by atoms with Crippen LogP contribution >= 0.6 is 0 Å². The molecule has 0 amide bonds. The average molecular weight is 703 g/mol. The van der Waals surface area contributed by atoms with Crippen LogP contribution in [-0.4, -0.2) is 10.4 Å². The third kappa shape index (κ3) is 6.22. The van der Waals surface area contributed by atoms with Crippen molar-refractivity contribution in [2.45, 2.75) is 6.04 Å². The summed E-state index contributed by atoms with van der Waals surface area (Å²) in [6.45, 7) is 0. The minimum Gasteiger partial charge on any atom is -0.454 e. The average Bonchev–Trinajstić information content (AvgIpc) is 3.61. The van der Waals surface area contributed by atoms with Gasteiger partial charge in [0.2, 0.25) is 0 Å². The maximum Gasteiger partial charge on any atom is 0.0541 e. The number of nitrogens with zero attached hydrogens (tertiary/aromatic N) is 3. The number of aliphatic imine (C=N–C) groups is 1. The van der Waals surface area contributed by atoms with Gasteiger partial charge in [-0.05, 0) is 98.2 Å². The highest BCUT2D eigenvalue weighted by Crippen LogP contribution is 2.38. The van der Waals surface area contributed by atoms with Crippen molar-refractivity contribution in [2.24, 2.45) is 4.99 Å². The lowest BCUT2D eigenvalue weighted by molar-refractivity contribution is 1.04. The molecule has 0 fully saturated rings. The predicted molar refractivity (Wildman–Crippen MR) is 231 cm³/mol. The number of para-hydroxylation sites is 2. The quantitative estimate of drug-likeness (QED) is 0.158. The number of aromatic nitrogens is 1. The molecule has 0 N–H and O–H groups in total. The van der Waals surface area contributed by atoms with Crippen molar-refractivity contribution in [2.75, 3.05) is 0 Å². The first-order valence-electron chi connectivity index (χ1n) is 18.8. The summed E-state index contributed by atoms with van der Waals surface area (Å²) in [5.74, 6) is 0.740. The predicted octanol–water partition coefficient (Wildman–Crippen LogP) is 13.7. The van der Waals surface area contributed by atoms with E-state index in [0.717, 1.165) is 45.0 Å². The Morgan fingerprint density at radius 3 is 1.38 bits per heavy atom. The second-order valence-electron chi connectivity index (χ2n) is 14.0. The first kappa shape index (κ1) is 32.4. The summed E-state index contributed by atoms with van der Waals surface area (Å²) in [5, 5.41) is 7.67. The lowest BCUT2D eigenvalue weighted by Gasteiger charge is -2.33. The van der Waals surface area contributed by atoms with Crippen molar-refractivity contribution >= 4 is 33.3 Å². The van der Waals surface area contributed by atoms with Gasteiger partial charge in [-0.15, -0.1) is 0 Å². The normalized spacial score (nSPS) is 14.0. The van der Waals surface area contributed by atoms with Crippen LogP contribution in [0.2, 0.25) is 0 Å². The van der Waals surface area contributed by atoms with Gasteiger partial charge in [0.15, 0.2) is 0 Å². The molecule has 8 aromatic carbocycles. The maximum atomic E-state index is 5.14. The molecule has 0 bridgehead atoms. The summed E-state index contributed by atoms with van der Waals surface area (Å²) in [5.41, 5.74) is 14.7. The molecule has 9 aromatic rings. The molecule has 0 radical (unpaired) electrons. The molecule has 0 aliphatic carbocycles. The van der Waals surface area contributed by atoms with Gasteiger partial charge in [0.1, 0.15) is 0 Å². The van der Waals surface area contributed by atoms with Gasteiger partial charge in [0, 0.05) is 22.5 Å². The molecule has 1 aromatic heterocycles. The first-order chi connectivity index (χ1) is 27.2. The smallest absolute Gasteiger partial charge is 0.0541 e. The van der Waals surface area contributed by atoms with Crippen molar-refractivity contribution < 1.29 is 0 Å². The minimum atomic E-state index is -0.116. The van der Waals surface area contributed by atoms with Gasteiger partial charge in [-0.2, -0.15) is 0 Å². The van der Waals surface area contributed by atoms with E-state index in [0.29, 0.717) is 0 Å². The molecule has 2 heterocycles. The van der Waals surface area contributed by atoms with Crippen molar-refractivity contribution in [3.63, 3.8) is 0 Å². The van der Waals surface area contributed by atoms with Gasteiger partial charge >= 0.3 is 0 Å². The number of amidine groups is 1. The van der Waals surface area contributed by atoms with Crippen LogP contribution in [0.4, 0.5) is 0 Å². The molecule has 0 spiro atoms. The van der Waals surface area contributed by atoms with Gasteiger partial charge in [-0.25, -0.2) is 0 Å². The summed E-state index contributed by atoms with van der Waals surface area (Å²) in [6, 6.07) is 73.3. The fourth-order valence-corrected chi connectivity index (χ4v) is 7.80. The van der Waals surface area contributed by atoms with Crippen LogP contribution in [0.25, 0.3) is 71.9 Å². The van der Waals surface area contributed by atoms with E-state index in [4.69, 9.17) is 10.3 Å². The van der Waals surface area contributed by atoms with Crippen LogP contribution in [0.1, 0.15) is 22.7 Å². The monoisotopic (exact) mass is 702 g/mol. The zero-order valence-electron chi connectivity index (χ0n) is 30.1. The van der Waals surface area contributed by atoms with E-state index in [1.807, 2.05) is 12.1 Å². The van der Waals surface area contributed by atoms with Crippen LogP contribution in [0.5, 0.6) is 0 Å². The molecular formula is C52H36N3-. The van der Waals surface area contributed by atoms with Crippen LogP contribution in [0, 0.1) is 0 Å². The van der Waals surface area contributed by atoms with Gasteiger partial charge in [0.05, 0.1) is 11.0 Å². The van der Waals surface area contributed by atoms with E-state index in [9.17, 15) is 0 Å². The molecule has 55 heavy (non-hydrogen) atoms. The number of benzene rings is 8. The van der Waals surface area contributed by atoms with E-state index >= 15 is 0 Å². The Bertz CT molecular complexity index is 2800. The molecule has 0 saturated carbocycles. The number of fused-ring (bicyclic) bond motifs is 3. The lowest BCUT2D eigenvalue weighted by Crippen LogP contribution is -2.10. The Labute approximate surface area is 321 Å². The molecule has 10 rings (SSSR count). The highest BCUT2D eigenvalue weighted by Gasteiger charge is 2.15. The van der Waals surface area contributed by atoms with E-state index in [1.165, 1.54) is 44.1 Å². The Hall–Kier alpha value is -7.23. The van der Waals surface area contributed by atoms with Gasteiger partial charge < -0.3 is 14.9 Å². The second-order valence-corrected chi connectivity index (χ2v) is 14.0. The lowest BCUT2D eigenvalue weighted by atomic mass is 9.93. The summed E-state index contributed by atoms with van der Waals surface area (Å²) >= 11 is 0. The fourth-order valence-electron chi connectivity index (χ4n) is 7.80. The van der Waals surface area contributed by atoms with E-state index < -0.39 is 0 Å². The SMILES string of the molecule is C1=C(c2ccccc2)N=C(c2ccc(-c3cc(-c4ccccc4)cc(-c4ccc(-n5c6ccccc6c6ccccc65)cc4)c3)cc2)[N-]C1c1ccccc1. The van der Waals surface area contributed by atoms with Crippen LogP contribution in [0.3, 0.4) is 0 Å². The fraction of sp³-hybridized carbons (Fsp3) is 0.0192. The molecule has 3 heteroatoms. The van der Waals surface area contributed by atoms with Crippen molar-refractivity contribution in [3.8, 4) is 39.1 Å². The third-order valence-corrected chi connectivity index (χ3v) is 10.6. The third-order valence-electron chi connectivity index (χ3n) is 10.6. The summed E-state index contributed by atoms with van der Waals surface area (Å²) < 4.78 is 2.37. The first-order valence-corrected chi connectivity index (χ1v) is 18.8. The zero-order valence-corrected chi connectivity index (χ0v) is 30.1. The van der Waals surface area contributed by atoms with Crippen molar-refractivity contribution in [3.05, 3.63) is 234 Å². The number of rotatable bonds is 7. The molecule has 3 nitrogen and oxygen atoms in total. The minimum absolute atomic E-state index is 0.116. The largest absolute Gasteiger partial charge is 0.454 e. The standard InChI is InChI=1S/C52H36N3/c1-4-14-36(15-5-1)42-32-43(34-44(33-42)38-28-30-45(31-29-38)55-50-22-12-10-20-46(50)47-21-11-13-23-51(47)55)37-24-26-41(27-25-37)52-53-48(39-16-6-2-7-17-39)35-49(54-52)40-18-8-3-9-19-40/h1-35,48H/q-1. The van der Waals surface area contributed by atoms with E-state index in [2.05, 4.69) is 205 Å². The van der Waals surface area contributed by atoms with Crippen LogP contribution in [-0.2, 0) is 0 Å². The Morgan fingerprint density at radius 2 is 0.818 bits per heavy atom. The van der Waals surface area contributed by atoms with Crippen LogP contribution < -0.4 is 0 Å². The topological polar surface area (TPSA) is 31.4 Å². The molecule has 1 aliphatic heterocycles. The van der Waals surface area contributed by atoms with Gasteiger partial charge in [0.25, 0.3) is 0 Å². The molecule has 1 unspecified atom stereocenters. The zero-order chi connectivity index (χ0) is 36.6. The van der Waals surface area contributed by atoms with E-state index in [1.54, 1.807) is 0 Å². The van der Waals surface area contributed by atoms with Gasteiger partial charge in [-0.3, -0.25) is 0 Å². The Morgan fingerprint density at radius 1 is 0.382 bits per heavy atom. The van der Waals surface area contributed by atoms with Crippen LogP contribution in [0.15, 0.2) is 217 Å². The van der Waals surface area contributed by atoms with Crippen molar-refractivity contribution in [1.82, 2.24) is 4.57 Å². The Balaban J connectivity index is 1.02. The number of hydrogen-bond donors (Lipinski definition) is 0. The number of hydrogen-bond acceptors (Lipinski definition) is 1.